The van der Waals surface area contributed by atoms with Crippen molar-refractivity contribution < 1.29 is 0 Å². The van der Waals surface area contributed by atoms with E-state index in [1.807, 2.05) is 12.1 Å². The number of nitrogens with one attached hydrogen (secondary N) is 1. The van der Waals surface area contributed by atoms with Gasteiger partial charge in [-0.1, -0.05) is 25.1 Å². The maximum absolute atomic E-state index is 5.94. The van der Waals surface area contributed by atoms with Crippen molar-refractivity contribution in [1.82, 2.24) is 10.2 Å². The molecule has 1 saturated heterocycles. The summed E-state index contributed by atoms with van der Waals surface area (Å²) in [5.41, 5.74) is 2.55. The highest BCUT2D eigenvalue weighted by atomic mass is 35.5. The fourth-order valence-corrected chi connectivity index (χ4v) is 2.76. The first-order valence-corrected chi connectivity index (χ1v) is 8.17. The van der Waals surface area contributed by atoms with Gasteiger partial charge in [-0.15, -0.1) is 0 Å². The molecule has 1 aliphatic heterocycles. The number of halogens is 1. The fourth-order valence-electron chi connectivity index (χ4n) is 2.63. The standard InChI is InChI=1S/C17H26ClN3/c1-3-8-19-13-15(2)14-20-9-11-21(12-10-20)17-6-4-16(18)5-7-17/h4-7,19H,2-3,8-14H2,1H3. The summed E-state index contributed by atoms with van der Waals surface area (Å²) in [4.78, 5) is 4.91. The lowest BCUT2D eigenvalue weighted by atomic mass is 10.2. The van der Waals surface area contributed by atoms with Gasteiger partial charge in [-0.2, -0.15) is 0 Å². The summed E-state index contributed by atoms with van der Waals surface area (Å²) < 4.78 is 0. The molecule has 21 heavy (non-hydrogen) atoms. The first-order chi connectivity index (χ1) is 10.2. The van der Waals surface area contributed by atoms with Gasteiger partial charge in [0, 0.05) is 50.0 Å². The minimum absolute atomic E-state index is 0.799. The molecule has 1 aliphatic rings. The van der Waals surface area contributed by atoms with Gasteiger partial charge in [-0.25, -0.2) is 0 Å². The molecule has 1 N–H and O–H groups in total. The van der Waals surface area contributed by atoms with Crippen LogP contribution < -0.4 is 10.2 Å². The van der Waals surface area contributed by atoms with E-state index in [0.29, 0.717) is 0 Å². The highest BCUT2D eigenvalue weighted by molar-refractivity contribution is 6.30. The second kappa shape index (κ2) is 8.42. The number of hydrogen-bond donors (Lipinski definition) is 1. The molecule has 4 heteroatoms. The van der Waals surface area contributed by atoms with Crippen LogP contribution in [-0.2, 0) is 0 Å². The minimum atomic E-state index is 0.799. The highest BCUT2D eigenvalue weighted by Gasteiger charge is 2.17. The predicted molar refractivity (Wildman–Crippen MR) is 92.4 cm³/mol. The molecular weight excluding hydrogens is 282 g/mol. The Hall–Kier alpha value is -1.03. The number of benzene rings is 1. The van der Waals surface area contributed by atoms with Crippen LogP contribution >= 0.6 is 11.6 Å². The molecule has 0 saturated carbocycles. The van der Waals surface area contributed by atoms with Crippen LogP contribution in [0.5, 0.6) is 0 Å². The van der Waals surface area contributed by atoms with Gasteiger partial charge in [0.1, 0.15) is 0 Å². The van der Waals surface area contributed by atoms with Crippen LogP contribution in [0.2, 0.25) is 5.02 Å². The normalized spacial score (nSPS) is 16.2. The minimum Gasteiger partial charge on any atom is -0.369 e. The van der Waals surface area contributed by atoms with Crippen molar-refractivity contribution in [2.24, 2.45) is 0 Å². The summed E-state index contributed by atoms with van der Waals surface area (Å²) in [6.45, 7) is 13.7. The Balaban J connectivity index is 1.73. The van der Waals surface area contributed by atoms with Crippen molar-refractivity contribution in [2.75, 3.05) is 50.7 Å². The van der Waals surface area contributed by atoms with Crippen LogP contribution in [0.15, 0.2) is 36.4 Å². The lowest BCUT2D eigenvalue weighted by Gasteiger charge is -2.36. The first kappa shape index (κ1) is 16.3. The summed E-state index contributed by atoms with van der Waals surface area (Å²) >= 11 is 5.94. The molecule has 0 unspecified atom stereocenters. The maximum atomic E-state index is 5.94. The molecule has 1 aromatic rings. The van der Waals surface area contributed by atoms with Gasteiger partial charge in [0.05, 0.1) is 0 Å². The summed E-state index contributed by atoms with van der Waals surface area (Å²) in [7, 11) is 0. The third-order valence-electron chi connectivity index (χ3n) is 3.81. The summed E-state index contributed by atoms with van der Waals surface area (Å²) in [5, 5.41) is 4.21. The molecule has 1 fully saturated rings. The van der Waals surface area contributed by atoms with E-state index in [-0.39, 0.29) is 0 Å². The van der Waals surface area contributed by atoms with Crippen LogP contribution in [0.25, 0.3) is 0 Å². The fraction of sp³-hybridized carbons (Fsp3) is 0.529. The third-order valence-corrected chi connectivity index (χ3v) is 4.07. The topological polar surface area (TPSA) is 18.5 Å². The van der Waals surface area contributed by atoms with Crippen LogP contribution in [0.4, 0.5) is 5.69 Å². The zero-order chi connectivity index (χ0) is 15.1. The largest absolute Gasteiger partial charge is 0.369 e. The van der Waals surface area contributed by atoms with Crippen molar-refractivity contribution in [3.8, 4) is 0 Å². The van der Waals surface area contributed by atoms with Gasteiger partial charge < -0.3 is 10.2 Å². The van der Waals surface area contributed by atoms with Gasteiger partial charge in [-0.05, 0) is 42.8 Å². The molecule has 0 spiro atoms. The second-order valence-electron chi connectivity index (χ2n) is 5.67. The Morgan fingerprint density at radius 3 is 2.48 bits per heavy atom. The average molecular weight is 308 g/mol. The molecule has 3 nitrogen and oxygen atoms in total. The van der Waals surface area contributed by atoms with Gasteiger partial charge in [0.15, 0.2) is 0 Å². The quantitative estimate of drug-likeness (QED) is 0.617. The van der Waals surface area contributed by atoms with Crippen molar-refractivity contribution in [1.29, 1.82) is 0 Å². The van der Waals surface area contributed by atoms with Crippen molar-refractivity contribution in [2.45, 2.75) is 13.3 Å². The number of rotatable bonds is 7. The van der Waals surface area contributed by atoms with E-state index in [4.69, 9.17) is 11.6 Å². The lowest BCUT2D eigenvalue weighted by molar-refractivity contribution is 0.276. The number of piperazine rings is 1. The van der Waals surface area contributed by atoms with E-state index in [0.717, 1.165) is 50.8 Å². The summed E-state index contributed by atoms with van der Waals surface area (Å²) in [6.07, 6.45) is 1.17. The first-order valence-electron chi connectivity index (χ1n) is 7.79. The van der Waals surface area contributed by atoms with Crippen molar-refractivity contribution in [3.63, 3.8) is 0 Å². The highest BCUT2D eigenvalue weighted by Crippen LogP contribution is 2.19. The Bertz CT molecular complexity index is 436. The van der Waals surface area contributed by atoms with E-state index in [1.54, 1.807) is 0 Å². The predicted octanol–water partition coefficient (Wildman–Crippen LogP) is 3.02. The van der Waals surface area contributed by atoms with E-state index in [2.05, 4.69) is 40.8 Å². The average Bonchev–Trinajstić information content (AvgIpc) is 2.49. The number of hydrogen-bond acceptors (Lipinski definition) is 3. The Morgan fingerprint density at radius 1 is 1.19 bits per heavy atom. The van der Waals surface area contributed by atoms with Gasteiger partial charge in [0.25, 0.3) is 0 Å². The zero-order valence-corrected chi connectivity index (χ0v) is 13.7. The molecule has 0 amide bonds. The summed E-state index contributed by atoms with van der Waals surface area (Å²) in [5.74, 6) is 0. The zero-order valence-electron chi connectivity index (χ0n) is 12.9. The smallest absolute Gasteiger partial charge is 0.0407 e. The molecule has 0 atom stereocenters. The molecule has 1 aromatic carbocycles. The Morgan fingerprint density at radius 2 is 1.86 bits per heavy atom. The van der Waals surface area contributed by atoms with Gasteiger partial charge >= 0.3 is 0 Å². The van der Waals surface area contributed by atoms with E-state index < -0.39 is 0 Å². The molecule has 0 bridgehead atoms. The van der Waals surface area contributed by atoms with Crippen LogP contribution in [-0.4, -0.2) is 50.7 Å². The van der Waals surface area contributed by atoms with Crippen LogP contribution in [0.3, 0.4) is 0 Å². The summed E-state index contributed by atoms with van der Waals surface area (Å²) in [6, 6.07) is 8.13. The molecule has 1 heterocycles. The maximum Gasteiger partial charge on any atom is 0.0407 e. The monoisotopic (exact) mass is 307 g/mol. The molecule has 2 rings (SSSR count). The second-order valence-corrected chi connectivity index (χ2v) is 6.10. The van der Waals surface area contributed by atoms with Crippen molar-refractivity contribution >= 4 is 17.3 Å². The number of anilines is 1. The van der Waals surface area contributed by atoms with E-state index >= 15 is 0 Å². The van der Waals surface area contributed by atoms with Crippen LogP contribution in [0, 0.1) is 0 Å². The molecule has 116 valence electrons. The molecule has 0 aliphatic carbocycles. The van der Waals surface area contributed by atoms with Crippen molar-refractivity contribution in [3.05, 3.63) is 41.4 Å². The molecule has 0 aromatic heterocycles. The Labute approximate surface area is 133 Å². The Kier molecular flexibility index (Phi) is 6.55. The number of nitrogens with zero attached hydrogens (tertiary/aromatic N) is 2. The van der Waals surface area contributed by atoms with Gasteiger partial charge in [-0.3, -0.25) is 4.90 Å². The van der Waals surface area contributed by atoms with Crippen LogP contribution in [0.1, 0.15) is 13.3 Å². The van der Waals surface area contributed by atoms with E-state index in [9.17, 15) is 0 Å². The molecular formula is C17H26ClN3. The molecule has 0 radical (unpaired) electrons. The van der Waals surface area contributed by atoms with E-state index in [1.165, 1.54) is 17.7 Å². The lowest BCUT2D eigenvalue weighted by Crippen LogP contribution is -2.47. The SMILES string of the molecule is C=C(CNCCC)CN1CCN(c2ccc(Cl)cc2)CC1. The third kappa shape index (κ3) is 5.34. The van der Waals surface area contributed by atoms with Gasteiger partial charge in [0.2, 0.25) is 0 Å².